The Hall–Kier alpha value is -2.22. The lowest BCUT2D eigenvalue weighted by Crippen LogP contribution is -2.30. The number of benzene rings is 1. The van der Waals surface area contributed by atoms with Gasteiger partial charge in [0.25, 0.3) is 5.91 Å². The summed E-state index contributed by atoms with van der Waals surface area (Å²) in [6.07, 6.45) is 1.53. The number of nitrogens with zero attached hydrogens (tertiary/aromatic N) is 2. The molecule has 1 heterocycles. The molecule has 6 nitrogen and oxygen atoms in total. The minimum atomic E-state index is -3.12. The second-order valence-corrected chi connectivity index (χ2v) is 7.09. The highest BCUT2D eigenvalue weighted by Gasteiger charge is 2.12. The maximum atomic E-state index is 13.2. The van der Waals surface area contributed by atoms with E-state index in [2.05, 4.69) is 10.4 Å². The van der Waals surface area contributed by atoms with Crippen LogP contribution in [-0.4, -0.2) is 42.2 Å². The fourth-order valence-corrected chi connectivity index (χ4v) is 2.46. The molecule has 0 radical (unpaired) electrons. The van der Waals surface area contributed by atoms with Crippen molar-refractivity contribution < 1.29 is 17.6 Å². The van der Waals surface area contributed by atoms with Crippen molar-refractivity contribution in [2.24, 2.45) is 0 Å². The molecule has 0 fully saturated rings. The molecule has 118 valence electrons. The van der Waals surface area contributed by atoms with E-state index in [9.17, 15) is 17.6 Å². The van der Waals surface area contributed by atoms with Gasteiger partial charge >= 0.3 is 0 Å². The molecule has 0 aliphatic heterocycles. The van der Waals surface area contributed by atoms with E-state index in [0.717, 1.165) is 0 Å². The van der Waals surface area contributed by atoms with Crippen molar-refractivity contribution in [3.8, 4) is 5.69 Å². The second kappa shape index (κ2) is 6.69. The third-order valence-electron chi connectivity index (χ3n) is 3.03. The Labute approximate surface area is 127 Å². The molecular weight excluding hydrogens is 309 g/mol. The third kappa shape index (κ3) is 4.14. The molecule has 0 spiro atoms. The van der Waals surface area contributed by atoms with Crippen LogP contribution in [0.25, 0.3) is 5.69 Å². The number of hydrogen-bond donors (Lipinski definition) is 1. The Morgan fingerprint density at radius 1 is 1.36 bits per heavy atom. The number of carbonyl (C=O) groups is 1. The molecule has 0 saturated carbocycles. The molecule has 1 aromatic carbocycles. The SMILES string of the molecule is CCS(=O)(=O)CCNC(=O)c1ccn(-c2cccc(F)c2)n1. The number of rotatable bonds is 6. The van der Waals surface area contributed by atoms with Gasteiger partial charge in [0.1, 0.15) is 5.82 Å². The van der Waals surface area contributed by atoms with Crippen LogP contribution in [0.15, 0.2) is 36.5 Å². The minimum absolute atomic E-state index is 0.0296. The van der Waals surface area contributed by atoms with Crippen LogP contribution in [0, 0.1) is 5.82 Å². The van der Waals surface area contributed by atoms with Crippen molar-refractivity contribution in [2.75, 3.05) is 18.1 Å². The van der Waals surface area contributed by atoms with Gasteiger partial charge in [0.15, 0.2) is 15.5 Å². The maximum absolute atomic E-state index is 13.2. The summed E-state index contributed by atoms with van der Waals surface area (Å²) in [6.45, 7) is 1.58. The molecule has 2 rings (SSSR count). The minimum Gasteiger partial charge on any atom is -0.350 e. The monoisotopic (exact) mass is 325 g/mol. The van der Waals surface area contributed by atoms with Crippen LogP contribution in [0.1, 0.15) is 17.4 Å². The Morgan fingerprint density at radius 2 is 2.14 bits per heavy atom. The Balaban J connectivity index is 2.01. The van der Waals surface area contributed by atoms with Crippen LogP contribution in [0.4, 0.5) is 4.39 Å². The molecule has 8 heteroatoms. The summed E-state index contributed by atoms with van der Waals surface area (Å²) >= 11 is 0. The third-order valence-corrected chi connectivity index (χ3v) is 4.74. The van der Waals surface area contributed by atoms with E-state index in [1.165, 1.54) is 29.1 Å². The molecule has 1 aromatic heterocycles. The fraction of sp³-hybridized carbons (Fsp3) is 0.286. The summed E-state index contributed by atoms with van der Waals surface area (Å²) in [7, 11) is -3.12. The predicted molar refractivity (Wildman–Crippen MR) is 80.2 cm³/mol. The molecule has 1 N–H and O–H groups in total. The summed E-state index contributed by atoms with van der Waals surface area (Å²) in [4.78, 5) is 11.9. The first kappa shape index (κ1) is 16.2. The van der Waals surface area contributed by atoms with Crippen LogP contribution >= 0.6 is 0 Å². The van der Waals surface area contributed by atoms with Crippen LogP contribution in [0.3, 0.4) is 0 Å². The largest absolute Gasteiger partial charge is 0.350 e. The first-order chi connectivity index (χ1) is 10.4. The molecule has 2 aromatic rings. The number of halogens is 1. The standard InChI is InChI=1S/C14H16FN3O3S/c1-2-22(20,21)9-7-16-14(19)13-6-8-18(17-13)12-5-3-4-11(15)10-12/h3-6,8,10H,2,7,9H2,1H3,(H,16,19). The number of sulfone groups is 1. The van der Waals surface area contributed by atoms with Crippen LogP contribution in [0.2, 0.25) is 0 Å². The number of carbonyl (C=O) groups excluding carboxylic acids is 1. The summed E-state index contributed by atoms with van der Waals surface area (Å²) in [5.74, 6) is -0.943. The average Bonchev–Trinajstić information content (AvgIpc) is 2.97. The topological polar surface area (TPSA) is 81.1 Å². The summed E-state index contributed by atoms with van der Waals surface area (Å²) in [6, 6.07) is 7.29. The van der Waals surface area contributed by atoms with Crippen molar-refractivity contribution in [1.82, 2.24) is 15.1 Å². The van der Waals surface area contributed by atoms with E-state index in [0.29, 0.717) is 5.69 Å². The zero-order valence-corrected chi connectivity index (χ0v) is 12.8. The zero-order chi connectivity index (χ0) is 16.2. The Bertz CT molecular complexity index is 771. The van der Waals surface area contributed by atoms with Gasteiger partial charge in [-0.2, -0.15) is 5.10 Å². The van der Waals surface area contributed by atoms with Crippen LogP contribution in [0.5, 0.6) is 0 Å². The lowest BCUT2D eigenvalue weighted by atomic mass is 10.3. The normalized spacial score (nSPS) is 11.4. The summed E-state index contributed by atoms with van der Waals surface area (Å²) < 4.78 is 37.2. The molecule has 0 saturated heterocycles. The highest BCUT2D eigenvalue weighted by atomic mass is 32.2. The fourth-order valence-electron chi connectivity index (χ4n) is 1.76. The van der Waals surface area contributed by atoms with Gasteiger partial charge in [0, 0.05) is 18.5 Å². The van der Waals surface area contributed by atoms with E-state index < -0.39 is 21.6 Å². The van der Waals surface area contributed by atoms with Gasteiger partial charge < -0.3 is 5.32 Å². The maximum Gasteiger partial charge on any atom is 0.271 e. The van der Waals surface area contributed by atoms with Gasteiger partial charge in [-0.25, -0.2) is 17.5 Å². The van der Waals surface area contributed by atoms with E-state index in [-0.39, 0.29) is 23.7 Å². The number of amides is 1. The van der Waals surface area contributed by atoms with Gasteiger partial charge in [0.05, 0.1) is 11.4 Å². The lowest BCUT2D eigenvalue weighted by Gasteiger charge is -2.03. The number of aromatic nitrogens is 2. The molecule has 0 aliphatic rings. The number of hydrogen-bond acceptors (Lipinski definition) is 4. The Kier molecular flexibility index (Phi) is 4.92. The summed E-state index contributed by atoms with van der Waals surface area (Å²) in [5, 5.41) is 6.54. The molecular formula is C14H16FN3O3S. The van der Waals surface area contributed by atoms with E-state index in [4.69, 9.17) is 0 Å². The van der Waals surface area contributed by atoms with Crippen LogP contribution < -0.4 is 5.32 Å². The predicted octanol–water partition coefficient (Wildman–Crippen LogP) is 1.18. The van der Waals surface area contributed by atoms with Crippen LogP contribution in [-0.2, 0) is 9.84 Å². The van der Waals surface area contributed by atoms with Crippen molar-refractivity contribution in [3.63, 3.8) is 0 Å². The zero-order valence-electron chi connectivity index (χ0n) is 12.0. The highest BCUT2D eigenvalue weighted by Crippen LogP contribution is 2.09. The van der Waals surface area contributed by atoms with Gasteiger partial charge in [-0.1, -0.05) is 13.0 Å². The first-order valence-electron chi connectivity index (χ1n) is 6.71. The molecule has 0 bridgehead atoms. The van der Waals surface area contributed by atoms with Gasteiger partial charge in [-0.15, -0.1) is 0 Å². The molecule has 1 amide bonds. The molecule has 0 aliphatic carbocycles. The molecule has 22 heavy (non-hydrogen) atoms. The van der Waals surface area contributed by atoms with Gasteiger partial charge in [0.2, 0.25) is 0 Å². The first-order valence-corrected chi connectivity index (χ1v) is 8.53. The van der Waals surface area contributed by atoms with E-state index in [1.807, 2.05) is 0 Å². The van der Waals surface area contributed by atoms with E-state index in [1.54, 1.807) is 19.1 Å². The summed E-state index contributed by atoms with van der Waals surface area (Å²) in [5.41, 5.74) is 0.630. The lowest BCUT2D eigenvalue weighted by molar-refractivity contribution is 0.0950. The van der Waals surface area contributed by atoms with Crippen molar-refractivity contribution >= 4 is 15.7 Å². The van der Waals surface area contributed by atoms with Gasteiger partial charge in [-0.05, 0) is 24.3 Å². The number of nitrogens with one attached hydrogen (secondary N) is 1. The van der Waals surface area contributed by atoms with Crippen molar-refractivity contribution in [1.29, 1.82) is 0 Å². The smallest absolute Gasteiger partial charge is 0.271 e. The van der Waals surface area contributed by atoms with Crippen molar-refractivity contribution in [3.05, 3.63) is 48.0 Å². The highest BCUT2D eigenvalue weighted by molar-refractivity contribution is 7.91. The molecule has 0 unspecified atom stereocenters. The average molecular weight is 325 g/mol. The molecule has 0 atom stereocenters. The Morgan fingerprint density at radius 3 is 2.82 bits per heavy atom. The second-order valence-electron chi connectivity index (χ2n) is 4.62. The quantitative estimate of drug-likeness (QED) is 0.864. The van der Waals surface area contributed by atoms with Crippen molar-refractivity contribution in [2.45, 2.75) is 6.92 Å². The van der Waals surface area contributed by atoms with Gasteiger partial charge in [-0.3, -0.25) is 4.79 Å². The van der Waals surface area contributed by atoms with E-state index >= 15 is 0 Å².